The predicted molar refractivity (Wildman–Crippen MR) is 124 cm³/mol. The van der Waals surface area contributed by atoms with Gasteiger partial charge < -0.3 is 9.47 Å². The fourth-order valence-electron chi connectivity index (χ4n) is 2.67. The molecule has 0 aliphatic carbocycles. The fraction of sp³-hybridized carbons (Fsp3) is 0.100. The number of anilines is 1. The summed E-state index contributed by atoms with van der Waals surface area (Å²) in [6.07, 6.45) is 6.94. The van der Waals surface area contributed by atoms with E-state index in [2.05, 4.69) is 21.9 Å². The molecule has 2 aromatic rings. The predicted octanol–water partition coefficient (Wildman–Crippen LogP) is 4.78. The number of hydrogen-bond acceptors (Lipinski definition) is 7. The molecular formula is C20H13BrN2O5S2. The molecule has 2 aromatic carbocycles. The second-order valence-electron chi connectivity index (χ2n) is 5.81. The molecule has 0 spiro atoms. The van der Waals surface area contributed by atoms with Gasteiger partial charge in [-0.25, -0.2) is 0 Å². The van der Waals surface area contributed by atoms with Crippen molar-refractivity contribution in [2.45, 2.75) is 0 Å². The molecule has 0 N–H and O–H groups in total. The number of rotatable bonds is 6. The summed E-state index contributed by atoms with van der Waals surface area (Å²) in [5.74, 6) is 2.91. The lowest BCUT2D eigenvalue weighted by Gasteiger charge is -2.14. The summed E-state index contributed by atoms with van der Waals surface area (Å²) in [7, 11) is 1.50. The van der Waals surface area contributed by atoms with Crippen molar-refractivity contribution >= 4 is 67.6 Å². The van der Waals surface area contributed by atoms with E-state index in [0.717, 1.165) is 16.2 Å². The molecule has 0 saturated carbocycles. The summed E-state index contributed by atoms with van der Waals surface area (Å²) in [5, 5.41) is 10.9. The number of nitro benzene ring substituents is 1. The van der Waals surface area contributed by atoms with Crippen molar-refractivity contribution in [2.75, 3.05) is 18.6 Å². The third-order valence-corrected chi connectivity index (χ3v) is 5.73. The fourth-order valence-corrected chi connectivity index (χ4v) is 4.42. The van der Waals surface area contributed by atoms with Gasteiger partial charge in [0.25, 0.3) is 11.6 Å². The Hall–Kier alpha value is -2.87. The third kappa shape index (κ3) is 4.48. The van der Waals surface area contributed by atoms with Crippen molar-refractivity contribution in [3.05, 3.63) is 61.5 Å². The smallest absolute Gasteiger partial charge is 0.270 e. The van der Waals surface area contributed by atoms with Crippen LogP contribution in [0.3, 0.4) is 0 Å². The van der Waals surface area contributed by atoms with Crippen LogP contribution in [0.2, 0.25) is 0 Å². The van der Waals surface area contributed by atoms with Crippen LogP contribution in [0, 0.1) is 22.5 Å². The van der Waals surface area contributed by atoms with Crippen LogP contribution in [0.1, 0.15) is 5.56 Å². The number of nitrogens with zero attached hydrogens (tertiary/aromatic N) is 2. The topological polar surface area (TPSA) is 81.9 Å². The first kappa shape index (κ1) is 21.8. The van der Waals surface area contributed by atoms with Crippen molar-refractivity contribution in [1.82, 2.24) is 0 Å². The molecular weight excluding hydrogens is 492 g/mol. The molecule has 1 amide bonds. The van der Waals surface area contributed by atoms with E-state index in [1.165, 1.54) is 36.3 Å². The number of hydrogen-bond donors (Lipinski definition) is 0. The number of thioether (sulfide) groups is 1. The molecule has 152 valence electrons. The lowest BCUT2D eigenvalue weighted by Crippen LogP contribution is -2.27. The van der Waals surface area contributed by atoms with Gasteiger partial charge in [0.2, 0.25) is 0 Å². The first-order chi connectivity index (χ1) is 14.3. The van der Waals surface area contributed by atoms with Gasteiger partial charge in [0.05, 0.1) is 22.6 Å². The monoisotopic (exact) mass is 504 g/mol. The Morgan fingerprint density at radius 2 is 2.07 bits per heavy atom. The van der Waals surface area contributed by atoms with E-state index in [4.69, 9.17) is 28.1 Å². The molecule has 30 heavy (non-hydrogen) atoms. The number of terminal acetylenes is 1. The maximum absolute atomic E-state index is 13.0. The van der Waals surface area contributed by atoms with E-state index in [1.807, 2.05) is 0 Å². The van der Waals surface area contributed by atoms with Crippen molar-refractivity contribution in [3.8, 4) is 23.8 Å². The highest BCUT2D eigenvalue weighted by atomic mass is 79.9. The van der Waals surface area contributed by atoms with Crippen LogP contribution < -0.4 is 14.4 Å². The summed E-state index contributed by atoms with van der Waals surface area (Å²) < 4.78 is 12.0. The summed E-state index contributed by atoms with van der Waals surface area (Å²) in [6.45, 7) is 0.0303. The number of ether oxygens (including phenoxy) is 2. The van der Waals surface area contributed by atoms with Gasteiger partial charge >= 0.3 is 0 Å². The molecule has 1 fully saturated rings. The molecule has 1 aliphatic rings. The van der Waals surface area contributed by atoms with Crippen molar-refractivity contribution in [3.63, 3.8) is 0 Å². The summed E-state index contributed by atoms with van der Waals surface area (Å²) in [4.78, 5) is 25.0. The average Bonchev–Trinajstić information content (AvgIpc) is 2.99. The van der Waals surface area contributed by atoms with E-state index in [0.29, 0.717) is 32.0 Å². The molecule has 0 radical (unpaired) electrons. The summed E-state index contributed by atoms with van der Waals surface area (Å²) in [5.41, 5.74) is 0.957. The molecule has 1 saturated heterocycles. The van der Waals surface area contributed by atoms with Crippen LogP contribution in [0.4, 0.5) is 11.4 Å². The van der Waals surface area contributed by atoms with Gasteiger partial charge in [0.15, 0.2) is 15.8 Å². The normalized spacial score (nSPS) is 14.7. The van der Waals surface area contributed by atoms with Crippen LogP contribution in [-0.2, 0) is 4.79 Å². The van der Waals surface area contributed by atoms with Crippen LogP contribution in [0.25, 0.3) is 6.08 Å². The number of carbonyl (C=O) groups is 1. The minimum Gasteiger partial charge on any atom is -0.493 e. The number of nitro groups is 1. The highest BCUT2D eigenvalue weighted by Gasteiger charge is 2.34. The van der Waals surface area contributed by atoms with Crippen LogP contribution in [0.5, 0.6) is 11.5 Å². The lowest BCUT2D eigenvalue weighted by molar-refractivity contribution is -0.384. The maximum Gasteiger partial charge on any atom is 0.270 e. The number of amides is 1. The zero-order chi connectivity index (χ0) is 21.8. The highest BCUT2D eigenvalue weighted by Crippen LogP contribution is 2.40. The second-order valence-corrected chi connectivity index (χ2v) is 8.40. The molecule has 1 aliphatic heterocycles. The van der Waals surface area contributed by atoms with Crippen molar-refractivity contribution in [2.24, 2.45) is 0 Å². The Kier molecular flexibility index (Phi) is 6.77. The molecule has 1 heterocycles. The lowest BCUT2D eigenvalue weighted by atomic mass is 10.1. The quantitative estimate of drug-likeness (QED) is 0.184. The van der Waals surface area contributed by atoms with Gasteiger partial charge in [-0.15, -0.1) is 6.42 Å². The molecule has 3 rings (SSSR count). The first-order valence-corrected chi connectivity index (χ1v) is 10.3. The standard InChI is InChI=1S/C20H13BrN2O5S2/c1-3-8-28-18-12(9-13(21)11-16(18)27-2)10-17-19(24)22(20(29)30-17)14-4-6-15(7-5-14)23(25)26/h1,4-7,9-11H,8H2,2H3/b17-10-. The van der Waals surface area contributed by atoms with Gasteiger partial charge in [-0.2, -0.15) is 0 Å². The van der Waals surface area contributed by atoms with Gasteiger partial charge in [0.1, 0.15) is 6.61 Å². The Bertz CT molecular complexity index is 1110. The second kappa shape index (κ2) is 9.30. The molecule has 7 nitrogen and oxygen atoms in total. The average molecular weight is 505 g/mol. The van der Waals surface area contributed by atoms with E-state index in [1.54, 1.807) is 18.2 Å². The number of thiocarbonyl (C=S) groups is 1. The Balaban J connectivity index is 1.98. The van der Waals surface area contributed by atoms with E-state index in [-0.39, 0.29) is 18.2 Å². The SMILES string of the molecule is C#CCOc1c(/C=C2\SC(=S)N(c3ccc([N+](=O)[O-])cc3)C2=O)cc(Br)cc1OC. The minimum absolute atomic E-state index is 0.0303. The van der Waals surface area contributed by atoms with Gasteiger partial charge in [0, 0.05) is 22.2 Å². The number of methoxy groups -OCH3 is 1. The van der Waals surface area contributed by atoms with Crippen LogP contribution in [0.15, 0.2) is 45.8 Å². The summed E-state index contributed by atoms with van der Waals surface area (Å²) >= 11 is 9.88. The Morgan fingerprint density at radius 1 is 1.37 bits per heavy atom. The molecule has 10 heteroatoms. The van der Waals surface area contributed by atoms with E-state index in [9.17, 15) is 14.9 Å². The van der Waals surface area contributed by atoms with Crippen LogP contribution in [-0.4, -0.2) is 28.9 Å². The molecule has 0 unspecified atom stereocenters. The van der Waals surface area contributed by atoms with Crippen LogP contribution >= 0.6 is 39.9 Å². The third-order valence-electron chi connectivity index (χ3n) is 3.97. The Labute approximate surface area is 190 Å². The first-order valence-electron chi connectivity index (χ1n) is 8.32. The van der Waals surface area contributed by atoms with Crippen molar-refractivity contribution in [1.29, 1.82) is 0 Å². The molecule has 0 aromatic heterocycles. The largest absolute Gasteiger partial charge is 0.493 e. The number of carbonyl (C=O) groups excluding carboxylic acids is 1. The molecule has 0 atom stereocenters. The van der Waals surface area contributed by atoms with Gasteiger partial charge in [-0.05, 0) is 30.3 Å². The van der Waals surface area contributed by atoms with Gasteiger partial charge in [-0.1, -0.05) is 45.8 Å². The number of benzene rings is 2. The van der Waals surface area contributed by atoms with Crippen molar-refractivity contribution < 1.29 is 19.2 Å². The van der Waals surface area contributed by atoms with Gasteiger partial charge in [-0.3, -0.25) is 19.8 Å². The zero-order valence-corrected chi connectivity index (χ0v) is 18.7. The Morgan fingerprint density at radius 3 is 2.67 bits per heavy atom. The summed E-state index contributed by atoms with van der Waals surface area (Å²) in [6, 6.07) is 9.11. The zero-order valence-electron chi connectivity index (χ0n) is 15.5. The highest BCUT2D eigenvalue weighted by molar-refractivity contribution is 9.10. The number of halogens is 1. The minimum atomic E-state index is -0.508. The van der Waals surface area contributed by atoms with E-state index < -0.39 is 4.92 Å². The maximum atomic E-state index is 13.0. The van der Waals surface area contributed by atoms with E-state index >= 15 is 0 Å². The number of non-ortho nitro benzene ring substituents is 1. The molecule has 0 bridgehead atoms.